The topological polar surface area (TPSA) is 95.0 Å². The summed E-state index contributed by atoms with van der Waals surface area (Å²) in [6.45, 7) is 10.9. The zero-order valence-corrected chi connectivity index (χ0v) is 26.2. The first-order valence-electron chi connectivity index (χ1n) is 13.2. The van der Waals surface area contributed by atoms with Gasteiger partial charge in [-0.3, -0.25) is 4.31 Å². The normalized spacial score (nSPS) is 13.0. The van der Waals surface area contributed by atoms with Crippen LogP contribution in [0.4, 0.5) is 5.69 Å². The van der Waals surface area contributed by atoms with E-state index in [2.05, 4.69) is 38.8 Å². The second-order valence-electron chi connectivity index (χ2n) is 11.2. The minimum absolute atomic E-state index is 0.0288. The molecule has 1 heterocycles. The fourth-order valence-corrected chi connectivity index (χ4v) is 6.09. The Bertz CT molecular complexity index is 1360. The summed E-state index contributed by atoms with van der Waals surface area (Å²) in [6.07, 6.45) is 2.93. The second kappa shape index (κ2) is 13.0. The lowest BCUT2D eigenvalue weighted by molar-refractivity contribution is -0.146. The molecule has 0 fully saturated rings. The molecule has 0 bridgehead atoms. The van der Waals surface area contributed by atoms with Crippen molar-refractivity contribution in [2.45, 2.75) is 58.0 Å². The molecule has 10 heteroatoms. The Morgan fingerprint density at radius 2 is 1.60 bits per heavy atom. The van der Waals surface area contributed by atoms with Gasteiger partial charge in [0.2, 0.25) is 15.9 Å². The van der Waals surface area contributed by atoms with Crippen LogP contribution in [0.2, 0.25) is 18.1 Å². The highest BCUT2D eigenvalue weighted by atomic mass is 32.2. The van der Waals surface area contributed by atoms with E-state index in [1.807, 2.05) is 36.4 Å². The van der Waals surface area contributed by atoms with E-state index in [0.29, 0.717) is 11.6 Å². The quantitative estimate of drug-likeness (QED) is 0.189. The number of esters is 1. The maximum atomic E-state index is 13.5. The molecule has 0 N–H and O–H groups in total. The molecular weight excluding hydrogens is 544 g/mol. The second-order valence-corrected chi connectivity index (χ2v) is 17.9. The molecular formula is C30H40N2O6SSi. The van der Waals surface area contributed by atoms with Crippen LogP contribution in [-0.4, -0.2) is 53.7 Å². The number of sulfonamides is 1. The van der Waals surface area contributed by atoms with Gasteiger partial charge >= 0.3 is 5.97 Å². The van der Waals surface area contributed by atoms with E-state index in [0.717, 1.165) is 27.3 Å². The van der Waals surface area contributed by atoms with Crippen LogP contribution in [0.3, 0.4) is 0 Å². The van der Waals surface area contributed by atoms with E-state index in [1.165, 1.54) is 0 Å². The number of rotatable bonds is 12. The smallest absolute Gasteiger partial charge is 0.330 e. The van der Waals surface area contributed by atoms with Gasteiger partial charge < -0.3 is 13.9 Å². The van der Waals surface area contributed by atoms with Crippen molar-refractivity contribution in [3.63, 3.8) is 0 Å². The molecule has 0 aliphatic heterocycles. The Labute approximate surface area is 239 Å². The van der Waals surface area contributed by atoms with Gasteiger partial charge in [-0.05, 0) is 47.5 Å². The molecule has 40 heavy (non-hydrogen) atoms. The molecule has 0 unspecified atom stereocenters. The van der Waals surface area contributed by atoms with Crippen molar-refractivity contribution in [2.24, 2.45) is 0 Å². The van der Waals surface area contributed by atoms with Crippen LogP contribution in [0.25, 0.3) is 11.1 Å². The number of carbonyl (C=O) groups is 1. The van der Waals surface area contributed by atoms with E-state index < -0.39 is 30.4 Å². The van der Waals surface area contributed by atoms with Gasteiger partial charge in [-0.1, -0.05) is 63.2 Å². The molecule has 0 amide bonds. The first-order valence-corrected chi connectivity index (χ1v) is 17.9. The summed E-state index contributed by atoms with van der Waals surface area (Å²) in [7, 11) is -4.44. The molecule has 0 aliphatic carbocycles. The number of ether oxygens (including phenoxy) is 2. The van der Waals surface area contributed by atoms with E-state index >= 15 is 0 Å². The number of hydrogen-bond donors (Lipinski definition) is 0. The van der Waals surface area contributed by atoms with E-state index in [9.17, 15) is 13.2 Å². The lowest BCUT2D eigenvalue weighted by Crippen LogP contribution is -2.47. The Morgan fingerprint density at radius 3 is 2.12 bits per heavy atom. The summed E-state index contributed by atoms with van der Waals surface area (Å²) in [6, 6.07) is 18.8. The van der Waals surface area contributed by atoms with Crippen molar-refractivity contribution in [1.82, 2.24) is 4.98 Å². The van der Waals surface area contributed by atoms with Crippen molar-refractivity contribution < 1.29 is 27.1 Å². The molecule has 2 aromatic carbocycles. The zero-order valence-electron chi connectivity index (χ0n) is 24.4. The summed E-state index contributed by atoms with van der Waals surface area (Å²) in [5.41, 5.74) is 2.87. The number of nitrogens with zero attached hydrogens (tertiary/aromatic N) is 2. The zero-order chi connectivity index (χ0) is 29.6. The molecule has 3 rings (SSSR count). The fourth-order valence-electron chi connectivity index (χ4n) is 3.87. The predicted octanol–water partition coefficient (Wildman–Crippen LogP) is 6.05. The lowest BCUT2D eigenvalue weighted by Gasteiger charge is -2.37. The summed E-state index contributed by atoms with van der Waals surface area (Å²) >= 11 is 0. The monoisotopic (exact) mass is 584 g/mol. The summed E-state index contributed by atoms with van der Waals surface area (Å²) < 4.78 is 44.6. The number of benzene rings is 2. The number of pyridine rings is 1. The highest BCUT2D eigenvalue weighted by Gasteiger charge is 2.39. The van der Waals surface area contributed by atoms with Crippen LogP contribution in [0.15, 0.2) is 72.9 Å². The minimum atomic E-state index is -3.87. The molecule has 0 spiro atoms. The number of hydrogen-bond acceptors (Lipinski definition) is 7. The van der Waals surface area contributed by atoms with E-state index in [4.69, 9.17) is 13.9 Å². The van der Waals surface area contributed by atoms with Gasteiger partial charge in [0.1, 0.15) is 12.6 Å². The third-order valence-corrected chi connectivity index (χ3v) is 12.9. The van der Waals surface area contributed by atoms with Crippen LogP contribution < -0.4 is 9.04 Å². The van der Waals surface area contributed by atoms with Gasteiger partial charge in [0.15, 0.2) is 8.32 Å². The molecule has 0 saturated carbocycles. The molecule has 8 nitrogen and oxygen atoms in total. The van der Waals surface area contributed by atoms with E-state index in [1.54, 1.807) is 43.6 Å². The summed E-state index contributed by atoms with van der Waals surface area (Å²) in [5, 5.41) is -0.0288. The predicted molar refractivity (Wildman–Crippen MR) is 161 cm³/mol. The van der Waals surface area contributed by atoms with Gasteiger partial charge in [-0.25, -0.2) is 18.2 Å². The fraction of sp³-hybridized carbons (Fsp3) is 0.400. The lowest BCUT2D eigenvalue weighted by atomic mass is 10.1. The van der Waals surface area contributed by atoms with Crippen LogP contribution >= 0.6 is 0 Å². The first-order chi connectivity index (χ1) is 18.7. The Balaban J connectivity index is 1.91. The molecule has 1 atom stereocenters. The van der Waals surface area contributed by atoms with Gasteiger partial charge in [-0.15, -0.1) is 0 Å². The van der Waals surface area contributed by atoms with Crippen LogP contribution in [0, 0.1) is 0 Å². The highest BCUT2D eigenvalue weighted by molar-refractivity contribution is 7.92. The Hall–Kier alpha value is -3.21. The molecule has 3 aromatic rings. The van der Waals surface area contributed by atoms with Crippen molar-refractivity contribution in [3.05, 3.63) is 78.5 Å². The molecule has 1 aromatic heterocycles. The third-order valence-electron chi connectivity index (χ3n) is 7.20. The summed E-state index contributed by atoms with van der Waals surface area (Å²) in [5.74, 6) is -0.128. The average molecular weight is 585 g/mol. The number of aromatic nitrogens is 1. The van der Waals surface area contributed by atoms with Crippen molar-refractivity contribution >= 4 is 30.0 Å². The largest absolute Gasteiger partial charge is 0.481 e. The molecule has 216 valence electrons. The van der Waals surface area contributed by atoms with Crippen molar-refractivity contribution in [2.75, 3.05) is 24.3 Å². The highest BCUT2D eigenvalue weighted by Crippen LogP contribution is 2.37. The minimum Gasteiger partial charge on any atom is -0.481 e. The summed E-state index contributed by atoms with van der Waals surface area (Å²) in [4.78, 5) is 17.7. The number of methoxy groups -OCH3 is 1. The van der Waals surface area contributed by atoms with Gasteiger partial charge in [0.05, 0.1) is 19.1 Å². The van der Waals surface area contributed by atoms with Crippen molar-refractivity contribution in [3.8, 4) is 17.0 Å². The molecule has 0 radical (unpaired) electrons. The van der Waals surface area contributed by atoms with Crippen LogP contribution in [-0.2, 0) is 30.6 Å². The van der Waals surface area contributed by atoms with Gasteiger partial charge in [0.25, 0.3) is 0 Å². The Kier molecular flexibility index (Phi) is 10.2. The van der Waals surface area contributed by atoms with E-state index in [-0.39, 0.29) is 24.7 Å². The van der Waals surface area contributed by atoms with Crippen LogP contribution in [0.5, 0.6) is 5.88 Å². The third kappa shape index (κ3) is 8.15. The average Bonchev–Trinajstić information content (AvgIpc) is 2.90. The van der Waals surface area contributed by atoms with Crippen molar-refractivity contribution in [1.29, 1.82) is 0 Å². The maximum absolute atomic E-state index is 13.5. The van der Waals surface area contributed by atoms with Gasteiger partial charge in [0, 0.05) is 30.9 Å². The number of carbonyl (C=O) groups excluding carboxylic acids is 1. The molecule has 0 aliphatic rings. The standard InChI is InChI=1S/C30H40N2O6SSi/c1-30(2,3)40(6,7)38-20-19-27(29(33)37-22-23-11-9-8-10-12-23)32(39(5,34)35)26-16-13-24(14-17-26)25-15-18-28(36-4)31-21-25/h8-18,21,27H,19-20,22H2,1-7H3/t27-/m0/s1. The number of anilines is 1. The Morgan fingerprint density at radius 1 is 0.975 bits per heavy atom. The van der Waals surface area contributed by atoms with Gasteiger partial charge in [-0.2, -0.15) is 0 Å². The first kappa shape index (κ1) is 31.3. The maximum Gasteiger partial charge on any atom is 0.330 e. The molecule has 0 saturated heterocycles. The van der Waals surface area contributed by atoms with Crippen LogP contribution in [0.1, 0.15) is 32.8 Å². The SMILES string of the molecule is COc1ccc(-c2ccc(N([C@@H](CCO[Si](C)(C)C(C)(C)C)C(=O)OCc3ccccc3)S(C)(=O)=O)cc2)cn1.